The zero-order valence-electron chi connectivity index (χ0n) is 10.3. The van der Waals surface area contributed by atoms with Crippen LogP contribution >= 0.6 is 0 Å². The molecule has 16 heavy (non-hydrogen) atoms. The largest absolute Gasteiger partial charge is 0.314 e. The maximum atomic E-state index is 11.4. The minimum atomic E-state index is 0.0819. The summed E-state index contributed by atoms with van der Waals surface area (Å²) in [7, 11) is 1.84. The Bertz CT molecular complexity index is 416. The number of pyridine rings is 1. The number of hydrogen-bond donors (Lipinski definition) is 0. The van der Waals surface area contributed by atoms with Crippen molar-refractivity contribution in [3.05, 3.63) is 34.2 Å². The Morgan fingerprint density at radius 2 is 2.06 bits per heavy atom. The van der Waals surface area contributed by atoms with Gasteiger partial charge in [0.05, 0.1) is 0 Å². The lowest BCUT2D eigenvalue weighted by atomic mass is 9.88. The topological polar surface area (TPSA) is 25.2 Å². The van der Waals surface area contributed by atoms with Gasteiger partial charge in [-0.15, -0.1) is 0 Å². The summed E-state index contributed by atoms with van der Waals surface area (Å²) in [5.74, 6) is 1.61. The molecule has 0 aliphatic carbocycles. The van der Waals surface area contributed by atoms with Crippen LogP contribution in [0.4, 0.5) is 0 Å². The molecule has 0 amide bonds. The maximum absolute atomic E-state index is 11.4. The monoisotopic (exact) mass is 220 g/mol. The number of likely N-dealkylation sites (tertiary alicyclic amines) is 1. The fraction of sp³-hybridized carbons (Fsp3) is 0.615. The molecule has 3 heteroatoms. The first-order valence-electron chi connectivity index (χ1n) is 5.95. The second-order valence-corrected chi connectivity index (χ2v) is 5.11. The van der Waals surface area contributed by atoms with E-state index < -0.39 is 0 Å². The summed E-state index contributed by atoms with van der Waals surface area (Å²) in [4.78, 5) is 13.8. The fourth-order valence-corrected chi connectivity index (χ4v) is 2.16. The highest BCUT2D eigenvalue weighted by Crippen LogP contribution is 2.24. The maximum Gasteiger partial charge on any atom is 0.250 e. The van der Waals surface area contributed by atoms with Gasteiger partial charge in [-0.05, 0) is 17.9 Å². The van der Waals surface area contributed by atoms with E-state index in [9.17, 15) is 4.79 Å². The van der Waals surface area contributed by atoms with Gasteiger partial charge in [-0.3, -0.25) is 9.69 Å². The predicted molar refractivity (Wildman–Crippen MR) is 65.3 cm³/mol. The third-order valence-corrected chi connectivity index (χ3v) is 3.60. The average molecular weight is 220 g/mol. The molecule has 1 aromatic heterocycles. The van der Waals surface area contributed by atoms with Crippen molar-refractivity contribution in [3.8, 4) is 0 Å². The van der Waals surface area contributed by atoms with Crippen LogP contribution in [-0.2, 0) is 13.6 Å². The molecule has 3 nitrogen and oxygen atoms in total. The molecule has 0 atom stereocenters. The SMILES string of the molecule is CC(C)C1CN(Cc2cccc(=O)n2C)C1. The van der Waals surface area contributed by atoms with Gasteiger partial charge in [0, 0.05) is 38.4 Å². The van der Waals surface area contributed by atoms with Gasteiger partial charge in [0.2, 0.25) is 5.56 Å². The van der Waals surface area contributed by atoms with Gasteiger partial charge in [-0.25, -0.2) is 0 Å². The van der Waals surface area contributed by atoms with Crippen LogP contribution in [0.2, 0.25) is 0 Å². The van der Waals surface area contributed by atoms with E-state index in [-0.39, 0.29) is 5.56 Å². The summed E-state index contributed by atoms with van der Waals surface area (Å²) in [5, 5.41) is 0. The van der Waals surface area contributed by atoms with Crippen LogP contribution in [0.3, 0.4) is 0 Å². The standard InChI is InChI=1S/C13H20N2O/c1-10(2)11-7-15(8-11)9-12-5-4-6-13(16)14(12)3/h4-6,10-11H,7-9H2,1-3H3. The summed E-state index contributed by atoms with van der Waals surface area (Å²) in [6, 6.07) is 5.48. The summed E-state index contributed by atoms with van der Waals surface area (Å²) < 4.78 is 1.74. The van der Waals surface area contributed by atoms with E-state index in [1.807, 2.05) is 19.2 Å². The van der Waals surface area contributed by atoms with E-state index in [2.05, 4.69) is 18.7 Å². The van der Waals surface area contributed by atoms with Crippen LogP contribution < -0.4 is 5.56 Å². The molecular formula is C13H20N2O. The van der Waals surface area contributed by atoms with Crippen LogP contribution in [0.5, 0.6) is 0 Å². The fourth-order valence-electron chi connectivity index (χ4n) is 2.16. The molecule has 0 aromatic carbocycles. The van der Waals surface area contributed by atoms with Gasteiger partial charge in [0.15, 0.2) is 0 Å². The summed E-state index contributed by atoms with van der Waals surface area (Å²) in [6.45, 7) is 7.79. The molecule has 2 rings (SSSR count). The zero-order valence-corrected chi connectivity index (χ0v) is 10.3. The second kappa shape index (κ2) is 4.42. The number of nitrogens with zero attached hydrogens (tertiary/aromatic N) is 2. The molecule has 1 aromatic rings. The summed E-state index contributed by atoms with van der Waals surface area (Å²) in [5.41, 5.74) is 1.19. The molecule has 1 fully saturated rings. The number of hydrogen-bond acceptors (Lipinski definition) is 2. The van der Waals surface area contributed by atoms with Crippen LogP contribution in [0.15, 0.2) is 23.0 Å². The molecule has 0 radical (unpaired) electrons. The second-order valence-electron chi connectivity index (χ2n) is 5.11. The van der Waals surface area contributed by atoms with E-state index in [1.54, 1.807) is 10.6 Å². The Morgan fingerprint density at radius 3 is 2.69 bits per heavy atom. The van der Waals surface area contributed by atoms with Gasteiger partial charge < -0.3 is 4.57 Å². The molecule has 0 unspecified atom stereocenters. The van der Waals surface area contributed by atoms with Crippen molar-refractivity contribution >= 4 is 0 Å². The van der Waals surface area contributed by atoms with E-state index in [4.69, 9.17) is 0 Å². The van der Waals surface area contributed by atoms with Gasteiger partial charge in [-0.2, -0.15) is 0 Å². The molecule has 0 saturated carbocycles. The number of rotatable bonds is 3. The van der Waals surface area contributed by atoms with Gasteiger partial charge >= 0.3 is 0 Å². The van der Waals surface area contributed by atoms with Crippen LogP contribution in [0, 0.1) is 11.8 Å². The molecule has 0 spiro atoms. The first kappa shape index (κ1) is 11.4. The summed E-state index contributed by atoms with van der Waals surface area (Å²) in [6.07, 6.45) is 0. The molecule has 88 valence electrons. The molecule has 0 bridgehead atoms. The molecule has 0 N–H and O–H groups in total. The van der Waals surface area contributed by atoms with E-state index >= 15 is 0 Å². The van der Waals surface area contributed by atoms with Gasteiger partial charge in [-0.1, -0.05) is 19.9 Å². The molecule has 1 saturated heterocycles. The normalized spacial score (nSPS) is 17.8. The third kappa shape index (κ3) is 2.19. The molecule has 1 aliphatic rings. The smallest absolute Gasteiger partial charge is 0.250 e. The highest BCUT2D eigenvalue weighted by atomic mass is 16.1. The number of aromatic nitrogens is 1. The van der Waals surface area contributed by atoms with Crippen molar-refractivity contribution in [1.29, 1.82) is 0 Å². The van der Waals surface area contributed by atoms with Crippen molar-refractivity contribution in [2.45, 2.75) is 20.4 Å². The predicted octanol–water partition coefficient (Wildman–Crippen LogP) is 1.47. The van der Waals surface area contributed by atoms with E-state index in [0.717, 1.165) is 24.1 Å². The Balaban J connectivity index is 1.97. The van der Waals surface area contributed by atoms with Crippen LogP contribution in [0.1, 0.15) is 19.5 Å². The third-order valence-electron chi connectivity index (χ3n) is 3.60. The van der Waals surface area contributed by atoms with Crippen molar-refractivity contribution in [2.24, 2.45) is 18.9 Å². The molecular weight excluding hydrogens is 200 g/mol. The average Bonchev–Trinajstić information content (AvgIpc) is 2.16. The lowest BCUT2D eigenvalue weighted by Gasteiger charge is -2.41. The van der Waals surface area contributed by atoms with Gasteiger partial charge in [0.25, 0.3) is 0 Å². The Labute approximate surface area is 96.7 Å². The van der Waals surface area contributed by atoms with Crippen LogP contribution in [-0.4, -0.2) is 22.6 Å². The van der Waals surface area contributed by atoms with Gasteiger partial charge in [0.1, 0.15) is 0 Å². The first-order valence-corrected chi connectivity index (χ1v) is 5.95. The quantitative estimate of drug-likeness (QED) is 0.771. The molecule has 2 heterocycles. The highest BCUT2D eigenvalue weighted by Gasteiger charge is 2.28. The first-order chi connectivity index (χ1) is 7.58. The van der Waals surface area contributed by atoms with Crippen molar-refractivity contribution in [2.75, 3.05) is 13.1 Å². The minimum Gasteiger partial charge on any atom is -0.314 e. The van der Waals surface area contributed by atoms with E-state index in [0.29, 0.717) is 0 Å². The summed E-state index contributed by atoms with van der Waals surface area (Å²) >= 11 is 0. The zero-order chi connectivity index (χ0) is 11.7. The van der Waals surface area contributed by atoms with Crippen molar-refractivity contribution in [3.63, 3.8) is 0 Å². The lowest BCUT2D eigenvalue weighted by Crippen LogP contribution is -2.48. The highest BCUT2D eigenvalue weighted by molar-refractivity contribution is 5.07. The van der Waals surface area contributed by atoms with Crippen molar-refractivity contribution in [1.82, 2.24) is 9.47 Å². The Morgan fingerprint density at radius 1 is 1.38 bits per heavy atom. The molecule has 1 aliphatic heterocycles. The van der Waals surface area contributed by atoms with E-state index in [1.165, 1.54) is 13.1 Å². The lowest BCUT2D eigenvalue weighted by molar-refractivity contribution is 0.0592. The van der Waals surface area contributed by atoms with Crippen molar-refractivity contribution < 1.29 is 0 Å². The Hall–Kier alpha value is -1.09. The van der Waals surface area contributed by atoms with Crippen LogP contribution in [0.25, 0.3) is 0 Å². The minimum absolute atomic E-state index is 0.0819. The Kier molecular flexibility index (Phi) is 3.15.